The number of ether oxygens (including phenoxy) is 1. The lowest BCUT2D eigenvalue weighted by Crippen LogP contribution is -2.47. The second-order valence-electron chi connectivity index (χ2n) is 6.01. The average molecular weight is 317 g/mol. The van der Waals surface area contributed by atoms with E-state index in [1.54, 1.807) is 10.9 Å². The van der Waals surface area contributed by atoms with E-state index in [1.165, 1.54) is 0 Å². The number of nitrogens with one attached hydrogen (secondary N) is 1. The number of rotatable bonds is 4. The van der Waals surface area contributed by atoms with Gasteiger partial charge in [-0.25, -0.2) is 4.98 Å². The van der Waals surface area contributed by atoms with Crippen LogP contribution in [-0.2, 0) is 11.8 Å². The van der Waals surface area contributed by atoms with E-state index in [2.05, 4.69) is 27.2 Å². The first kappa shape index (κ1) is 15.9. The zero-order chi connectivity index (χ0) is 16.4. The van der Waals surface area contributed by atoms with Gasteiger partial charge in [-0.1, -0.05) is 0 Å². The largest absolute Gasteiger partial charge is 0.379 e. The molecular formula is C16H23N5O2. The molecule has 1 aliphatic heterocycles. The van der Waals surface area contributed by atoms with Gasteiger partial charge in [-0.3, -0.25) is 14.4 Å². The number of fused-ring (bicyclic) bond motifs is 1. The summed E-state index contributed by atoms with van der Waals surface area (Å²) in [5.74, 6) is -0.0947. The number of pyridine rings is 1. The molecule has 3 heterocycles. The van der Waals surface area contributed by atoms with Crippen molar-refractivity contribution >= 4 is 16.9 Å². The van der Waals surface area contributed by atoms with Crippen LogP contribution in [0.5, 0.6) is 0 Å². The molecule has 1 saturated heterocycles. The highest BCUT2D eigenvalue weighted by atomic mass is 16.5. The minimum atomic E-state index is -0.0947. The summed E-state index contributed by atoms with van der Waals surface area (Å²) in [5.41, 5.74) is 2.25. The maximum Gasteiger partial charge on any atom is 0.252 e. The van der Waals surface area contributed by atoms with Crippen LogP contribution in [0.15, 0.2) is 12.3 Å². The highest BCUT2D eigenvalue weighted by Crippen LogP contribution is 2.16. The molecule has 0 spiro atoms. The van der Waals surface area contributed by atoms with E-state index in [9.17, 15) is 4.79 Å². The van der Waals surface area contributed by atoms with Gasteiger partial charge in [0.15, 0.2) is 5.65 Å². The van der Waals surface area contributed by atoms with Gasteiger partial charge >= 0.3 is 0 Å². The molecule has 0 aliphatic carbocycles. The van der Waals surface area contributed by atoms with Crippen molar-refractivity contribution in [3.63, 3.8) is 0 Å². The summed E-state index contributed by atoms with van der Waals surface area (Å²) in [6.45, 7) is 8.02. The van der Waals surface area contributed by atoms with Crippen molar-refractivity contribution in [1.82, 2.24) is 25.0 Å². The van der Waals surface area contributed by atoms with E-state index in [0.29, 0.717) is 18.2 Å². The first-order valence-electron chi connectivity index (χ1n) is 7.95. The Hall–Kier alpha value is -1.99. The fraction of sp³-hybridized carbons (Fsp3) is 0.562. The zero-order valence-corrected chi connectivity index (χ0v) is 13.9. The van der Waals surface area contributed by atoms with Gasteiger partial charge in [0, 0.05) is 44.3 Å². The van der Waals surface area contributed by atoms with Gasteiger partial charge < -0.3 is 10.1 Å². The van der Waals surface area contributed by atoms with Gasteiger partial charge in [-0.2, -0.15) is 5.10 Å². The van der Waals surface area contributed by atoms with Gasteiger partial charge in [0.25, 0.3) is 5.91 Å². The third-order valence-corrected chi connectivity index (χ3v) is 4.35. The van der Waals surface area contributed by atoms with Gasteiger partial charge in [0.1, 0.15) is 0 Å². The zero-order valence-electron chi connectivity index (χ0n) is 13.9. The molecule has 124 valence electrons. The number of amides is 1. The molecule has 0 aromatic carbocycles. The maximum atomic E-state index is 12.4. The SMILES string of the molecule is Cc1nn(C)c2ncc(C(=O)NC[C@H](C)N3CCOCC3)cc12. The van der Waals surface area contributed by atoms with Crippen LogP contribution in [-0.4, -0.2) is 64.5 Å². The molecule has 7 heteroatoms. The fourth-order valence-electron chi connectivity index (χ4n) is 2.92. The normalized spacial score (nSPS) is 17.3. The van der Waals surface area contributed by atoms with Gasteiger partial charge in [-0.05, 0) is 19.9 Å². The highest BCUT2D eigenvalue weighted by molar-refractivity contribution is 5.97. The predicted octanol–water partition coefficient (Wildman–Crippen LogP) is 0.727. The first-order chi connectivity index (χ1) is 11.1. The molecule has 3 rings (SSSR count). The quantitative estimate of drug-likeness (QED) is 0.900. The number of hydrogen-bond donors (Lipinski definition) is 1. The lowest BCUT2D eigenvalue weighted by Gasteiger charge is -2.32. The monoisotopic (exact) mass is 317 g/mol. The van der Waals surface area contributed by atoms with Crippen molar-refractivity contribution in [2.75, 3.05) is 32.8 Å². The Morgan fingerprint density at radius 1 is 1.43 bits per heavy atom. The Morgan fingerprint density at radius 2 is 2.17 bits per heavy atom. The molecule has 1 fully saturated rings. The van der Waals surface area contributed by atoms with E-state index in [1.807, 2.05) is 20.0 Å². The number of carbonyl (C=O) groups excluding carboxylic acids is 1. The Bertz CT molecular complexity index is 706. The first-order valence-corrected chi connectivity index (χ1v) is 7.95. The van der Waals surface area contributed by atoms with Crippen molar-refractivity contribution in [1.29, 1.82) is 0 Å². The highest BCUT2D eigenvalue weighted by Gasteiger charge is 2.18. The summed E-state index contributed by atoms with van der Waals surface area (Å²) in [6.07, 6.45) is 1.61. The molecule has 0 bridgehead atoms. The summed E-state index contributed by atoms with van der Waals surface area (Å²) in [6, 6.07) is 2.15. The van der Waals surface area contributed by atoms with Crippen LogP contribution in [0, 0.1) is 6.92 Å². The van der Waals surface area contributed by atoms with Crippen molar-refractivity contribution < 1.29 is 9.53 Å². The fourth-order valence-corrected chi connectivity index (χ4v) is 2.92. The van der Waals surface area contributed by atoms with Crippen LogP contribution in [0.1, 0.15) is 23.0 Å². The summed E-state index contributed by atoms with van der Waals surface area (Å²) in [4.78, 5) is 19.1. The Labute approximate surface area is 135 Å². The number of nitrogens with zero attached hydrogens (tertiary/aromatic N) is 4. The molecule has 7 nitrogen and oxygen atoms in total. The molecule has 2 aromatic rings. The Morgan fingerprint density at radius 3 is 2.91 bits per heavy atom. The van der Waals surface area contributed by atoms with Crippen LogP contribution in [0.4, 0.5) is 0 Å². The topological polar surface area (TPSA) is 72.3 Å². The Kier molecular flexibility index (Phi) is 4.58. The lowest BCUT2D eigenvalue weighted by molar-refractivity contribution is 0.0204. The lowest BCUT2D eigenvalue weighted by atomic mass is 10.2. The van der Waals surface area contributed by atoms with Crippen LogP contribution in [0.2, 0.25) is 0 Å². The second kappa shape index (κ2) is 6.64. The molecule has 0 radical (unpaired) electrons. The number of aromatic nitrogens is 3. The van der Waals surface area contributed by atoms with E-state index in [0.717, 1.165) is 43.0 Å². The van der Waals surface area contributed by atoms with Crippen LogP contribution >= 0.6 is 0 Å². The number of aryl methyl sites for hydroxylation is 2. The van der Waals surface area contributed by atoms with Crippen molar-refractivity contribution in [3.8, 4) is 0 Å². The van der Waals surface area contributed by atoms with Crippen molar-refractivity contribution in [3.05, 3.63) is 23.5 Å². The minimum Gasteiger partial charge on any atom is -0.379 e. The number of morpholine rings is 1. The van der Waals surface area contributed by atoms with Crippen LogP contribution < -0.4 is 5.32 Å². The molecule has 2 aromatic heterocycles. The number of carbonyl (C=O) groups is 1. The smallest absolute Gasteiger partial charge is 0.252 e. The summed E-state index contributed by atoms with van der Waals surface area (Å²) >= 11 is 0. The summed E-state index contributed by atoms with van der Waals surface area (Å²) < 4.78 is 7.08. The standard InChI is InChI=1S/C16H23N5O2/c1-11(21-4-6-23-7-5-21)9-18-16(22)13-8-14-12(2)19-20(3)15(14)17-10-13/h8,10-11H,4-7,9H2,1-3H3,(H,18,22)/t11-/m0/s1. The Balaban J connectivity index is 1.64. The molecule has 1 N–H and O–H groups in total. The van der Waals surface area contributed by atoms with Crippen molar-refractivity contribution in [2.24, 2.45) is 7.05 Å². The van der Waals surface area contributed by atoms with E-state index < -0.39 is 0 Å². The van der Waals surface area contributed by atoms with Gasteiger partial charge in [0.2, 0.25) is 0 Å². The van der Waals surface area contributed by atoms with Gasteiger partial charge in [0.05, 0.1) is 24.5 Å². The van der Waals surface area contributed by atoms with Crippen molar-refractivity contribution in [2.45, 2.75) is 19.9 Å². The molecule has 0 unspecified atom stereocenters. The molecule has 0 saturated carbocycles. The summed E-state index contributed by atoms with van der Waals surface area (Å²) in [7, 11) is 1.85. The van der Waals surface area contributed by atoms with E-state index in [-0.39, 0.29) is 5.91 Å². The molecule has 23 heavy (non-hydrogen) atoms. The molecule has 1 atom stereocenters. The third kappa shape index (κ3) is 3.35. The van der Waals surface area contributed by atoms with Crippen LogP contribution in [0.3, 0.4) is 0 Å². The maximum absolute atomic E-state index is 12.4. The summed E-state index contributed by atoms with van der Waals surface area (Å²) in [5, 5.41) is 8.25. The molecule has 1 amide bonds. The third-order valence-electron chi connectivity index (χ3n) is 4.35. The number of hydrogen-bond acceptors (Lipinski definition) is 5. The second-order valence-corrected chi connectivity index (χ2v) is 6.01. The predicted molar refractivity (Wildman–Crippen MR) is 87.4 cm³/mol. The van der Waals surface area contributed by atoms with E-state index in [4.69, 9.17) is 4.74 Å². The minimum absolute atomic E-state index is 0.0947. The molecular weight excluding hydrogens is 294 g/mol. The average Bonchev–Trinajstić information content (AvgIpc) is 2.87. The van der Waals surface area contributed by atoms with Gasteiger partial charge in [-0.15, -0.1) is 0 Å². The van der Waals surface area contributed by atoms with Crippen LogP contribution in [0.25, 0.3) is 11.0 Å². The molecule has 1 aliphatic rings. The van der Waals surface area contributed by atoms with E-state index >= 15 is 0 Å².